The van der Waals surface area contributed by atoms with Gasteiger partial charge in [0.25, 0.3) is 0 Å². The Kier molecular flexibility index (Phi) is 3.14. The largest absolute Gasteiger partial charge is 0.480 e. The van der Waals surface area contributed by atoms with Crippen LogP contribution in [0.2, 0.25) is 0 Å². The topological polar surface area (TPSA) is 37.3 Å². The minimum Gasteiger partial charge on any atom is -0.480 e. The third-order valence-electron chi connectivity index (χ3n) is 3.37. The SMILES string of the molecule is CC1=CCC=CC1(Cc1ccccc1)C(=O)O. The minimum absolute atomic E-state index is 0.516. The van der Waals surface area contributed by atoms with Crippen molar-refractivity contribution in [1.82, 2.24) is 0 Å². The lowest BCUT2D eigenvalue weighted by atomic mass is 9.73. The van der Waals surface area contributed by atoms with Crippen molar-refractivity contribution in [2.45, 2.75) is 19.8 Å². The summed E-state index contributed by atoms with van der Waals surface area (Å²) < 4.78 is 0. The van der Waals surface area contributed by atoms with Crippen LogP contribution >= 0.6 is 0 Å². The lowest BCUT2D eigenvalue weighted by Crippen LogP contribution is -2.33. The number of rotatable bonds is 3. The maximum atomic E-state index is 11.6. The highest BCUT2D eigenvalue weighted by molar-refractivity contribution is 5.82. The quantitative estimate of drug-likeness (QED) is 0.806. The van der Waals surface area contributed by atoms with E-state index < -0.39 is 11.4 Å². The van der Waals surface area contributed by atoms with E-state index in [2.05, 4.69) is 0 Å². The highest BCUT2D eigenvalue weighted by Crippen LogP contribution is 2.36. The predicted octanol–water partition coefficient (Wildman–Crippen LogP) is 3.21. The maximum absolute atomic E-state index is 11.6. The fraction of sp³-hybridized carbons (Fsp3) is 0.267. The summed E-state index contributed by atoms with van der Waals surface area (Å²) in [6, 6.07) is 9.77. The van der Waals surface area contributed by atoms with Crippen LogP contribution < -0.4 is 0 Å². The van der Waals surface area contributed by atoms with Crippen LogP contribution in [0, 0.1) is 5.41 Å². The number of hydrogen-bond donors (Lipinski definition) is 1. The normalized spacial score (nSPS) is 23.2. The van der Waals surface area contributed by atoms with Crippen molar-refractivity contribution in [3.05, 3.63) is 59.7 Å². The van der Waals surface area contributed by atoms with Gasteiger partial charge in [0.05, 0.1) is 0 Å². The van der Waals surface area contributed by atoms with Crippen molar-refractivity contribution < 1.29 is 9.90 Å². The standard InChI is InChI=1S/C15H16O2/c1-12-7-5-6-10-15(12,14(16)17)11-13-8-3-2-4-9-13/h2-4,6-10H,5,11H2,1H3,(H,16,17). The van der Waals surface area contributed by atoms with E-state index in [0.717, 1.165) is 17.6 Å². The van der Waals surface area contributed by atoms with Gasteiger partial charge in [0.2, 0.25) is 0 Å². The van der Waals surface area contributed by atoms with Gasteiger partial charge < -0.3 is 5.11 Å². The summed E-state index contributed by atoms with van der Waals surface area (Å²) in [6.07, 6.45) is 7.11. The second-order valence-electron chi connectivity index (χ2n) is 4.46. The molecule has 1 aromatic rings. The molecule has 0 fully saturated rings. The molecule has 1 aliphatic rings. The van der Waals surface area contributed by atoms with Crippen molar-refractivity contribution in [3.8, 4) is 0 Å². The Morgan fingerprint density at radius 2 is 2.06 bits per heavy atom. The van der Waals surface area contributed by atoms with E-state index in [4.69, 9.17) is 0 Å². The summed E-state index contributed by atoms with van der Waals surface area (Å²) in [6.45, 7) is 1.90. The zero-order chi connectivity index (χ0) is 12.3. The predicted molar refractivity (Wildman–Crippen MR) is 67.7 cm³/mol. The van der Waals surface area contributed by atoms with Crippen LogP contribution in [0.5, 0.6) is 0 Å². The summed E-state index contributed by atoms with van der Waals surface area (Å²) in [5.74, 6) is -0.772. The van der Waals surface area contributed by atoms with Crippen LogP contribution in [-0.4, -0.2) is 11.1 Å². The minimum atomic E-state index is -0.862. The summed E-state index contributed by atoms with van der Waals surface area (Å²) in [5.41, 5.74) is 1.12. The molecule has 0 spiro atoms. The second-order valence-corrected chi connectivity index (χ2v) is 4.46. The molecule has 0 heterocycles. The highest BCUT2D eigenvalue weighted by atomic mass is 16.4. The first-order chi connectivity index (χ1) is 8.15. The van der Waals surface area contributed by atoms with E-state index in [1.54, 1.807) is 0 Å². The number of carbonyl (C=O) groups is 1. The highest BCUT2D eigenvalue weighted by Gasteiger charge is 2.38. The van der Waals surface area contributed by atoms with E-state index in [9.17, 15) is 9.90 Å². The molecule has 1 atom stereocenters. The molecule has 2 heteroatoms. The molecule has 1 unspecified atom stereocenters. The van der Waals surface area contributed by atoms with Gasteiger partial charge in [-0.1, -0.05) is 54.1 Å². The van der Waals surface area contributed by atoms with E-state index >= 15 is 0 Å². The first kappa shape index (κ1) is 11.6. The van der Waals surface area contributed by atoms with Gasteiger partial charge in [0.1, 0.15) is 5.41 Å². The molecule has 0 saturated heterocycles. The average Bonchev–Trinajstić information content (AvgIpc) is 2.33. The molecule has 0 radical (unpaired) electrons. The zero-order valence-electron chi connectivity index (χ0n) is 9.89. The van der Waals surface area contributed by atoms with Gasteiger partial charge in [0.15, 0.2) is 0 Å². The smallest absolute Gasteiger partial charge is 0.318 e. The number of carboxylic acids is 1. The Labute approximate surface area is 101 Å². The molecule has 0 aromatic heterocycles. The van der Waals surface area contributed by atoms with E-state index in [0.29, 0.717) is 6.42 Å². The molecule has 0 bridgehead atoms. The van der Waals surface area contributed by atoms with Gasteiger partial charge >= 0.3 is 5.97 Å². The number of allylic oxidation sites excluding steroid dienone is 2. The van der Waals surface area contributed by atoms with Crippen LogP contribution in [0.25, 0.3) is 0 Å². The fourth-order valence-electron chi connectivity index (χ4n) is 2.26. The zero-order valence-corrected chi connectivity index (χ0v) is 9.89. The van der Waals surface area contributed by atoms with Gasteiger partial charge in [-0.25, -0.2) is 0 Å². The molecule has 1 N–H and O–H groups in total. The van der Waals surface area contributed by atoms with E-state index in [-0.39, 0.29) is 0 Å². The van der Waals surface area contributed by atoms with Gasteiger partial charge in [-0.15, -0.1) is 0 Å². The molecule has 17 heavy (non-hydrogen) atoms. The number of aliphatic carboxylic acids is 1. The van der Waals surface area contributed by atoms with Crippen molar-refractivity contribution in [2.24, 2.45) is 5.41 Å². The Balaban J connectivity index is 2.36. The first-order valence-electron chi connectivity index (χ1n) is 5.77. The lowest BCUT2D eigenvalue weighted by Gasteiger charge is -2.29. The summed E-state index contributed by atoms with van der Waals surface area (Å²) in [5, 5.41) is 9.53. The molecule has 1 aliphatic carbocycles. The van der Waals surface area contributed by atoms with E-state index in [1.165, 1.54) is 0 Å². The van der Waals surface area contributed by atoms with Crippen LogP contribution in [0.1, 0.15) is 18.9 Å². The number of benzene rings is 1. The third kappa shape index (κ3) is 2.16. The number of hydrogen-bond acceptors (Lipinski definition) is 1. The van der Waals surface area contributed by atoms with Crippen LogP contribution in [0.4, 0.5) is 0 Å². The molecule has 2 nitrogen and oxygen atoms in total. The first-order valence-corrected chi connectivity index (χ1v) is 5.77. The summed E-state index contributed by atoms with van der Waals surface area (Å²) in [4.78, 5) is 11.6. The van der Waals surface area contributed by atoms with Gasteiger partial charge in [0, 0.05) is 0 Å². The van der Waals surface area contributed by atoms with Gasteiger partial charge in [-0.05, 0) is 25.3 Å². The monoisotopic (exact) mass is 228 g/mol. The molecular formula is C15H16O2. The molecular weight excluding hydrogens is 212 g/mol. The molecule has 0 amide bonds. The summed E-state index contributed by atoms with van der Waals surface area (Å²) >= 11 is 0. The Morgan fingerprint density at radius 1 is 1.35 bits per heavy atom. The second kappa shape index (κ2) is 4.58. The lowest BCUT2D eigenvalue weighted by molar-refractivity contribution is -0.144. The molecule has 1 aromatic carbocycles. The molecule has 0 aliphatic heterocycles. The van der Waals surface area contributed by atoms with Crippen LogP contribution in [0.15, 0.2) is 54.1 Å². The number of carboxylic acid groups (broad SMARTS) is 1. The molecule has 88 valence electrons. The van der Waals surface area contributed by atoms with E-state index in [1.807, 2.05) is 55.5 Å². The van der Waals surface area contributed by atoms with Crippen LogP contribution in [-0.2, 0) is 11.2 Å². The molecule has 2 rings (SSSR count). The Morgan fingerprint density at radius 3 is 2.65 bits per heavy atom. The van der Waals surface area contributed by atoms with Gasteiger partial charge in [-0.3, -0.25) is 4.79 Å². The van der Waals surface area contributed by atoms with Crippen LogP contribution in [0.3, 0.4) is 0 Å². The summed E-state index contributed by atoms with van der Waals surface area (Å²) in [7, 11) is 0. The van der Waals surface area contributed by atoms with Crippen molar-refractivity contribution in [2.75, 3.05) is 0 Å². The third-order valence-corrected chi connectivity index (χ3v) is 3.37. The van der Waals surface area contributed by atoms with Crippen molar-refractivity contribution >= 4 is 5.97 Å². The molecule has 0 saturated carbocycles. The fourth-order valence-corrected chi connectivity index (χ4v) is 2.26. The van der Waals surface area contributed by atoms with Crippen molar-refractivity contribution in [3.63, 3.8) is 0 Å². The average molecular weight is 228 g/mol. The van der Waals surface area contributed by atoms with Crippen molar-refractivity contribution in [1.29, 1.82) is 0 Å². The maximum Gasteiger partial charge on any atom is 0.318 e. The van der Waals surface area contributed by atoms with Gasteiger partial charge in [-0.2, -0.15) is 0 Å². The Hall–Kier alpha value is -1.83. The Bertz CT molecular complexity index is 471.